The summed E-state index contributed by atoms with van der Waals surface area (Å²) in [5.41, 5.74) is 10.2. The first-order chi connectivity index (χ1) is 13.5. The van der Waals surface area contributed by atoms with Gasteiger partial charge in [-0.25, -0.2) is 0 Å². The molecule has 2 aliphatic heterocycles. The number of nitrogens with two attached hydrogens (primary N) is 1. The van der Waals surface area contributed by atoms with Crippen LogP contribution in [0, 0.1) is 0 Å². The van der Waals surface area contributed by atoms with Crippen molar-refractivity contribution in [3.05, 3.63) is 64.7 Å². The van der Waals surface area contributed by atoms with Crippen molar-refractivity contribution in [3.8, 4) is 0 Å². The lowest BCUT2D eigenvalue weighted by Crippen LogP contribution is -2.52. The summed E-state index contributed by atoms with van der Waals surface area (Å²) in [5.74, 6) is -0.816. The fourth-order valence-electron chi connectivity index (χ4n) is 3.79. The molecule has 2 aliphatic rings. The van der Waals surface area contributed by atoms with Gasteiger partial charge in [0, 0.05) is 37.3 Å². The molecule has 3 amide bonds. The molecule has 4 rings (SSSR count). The van der Waals surface area contributed by atoms with Gasteiger partial charge in [-0.15, -0.1) is 0 Å². The number of rotatable bonds is 5. The normalized spacial score (nSPS) is 18.9. The molecule has 144 valence electrons. The van der Waals surface area contributed by atoms with Gasteiger partial charge >= 0.3 is 0 Å². The van der Waals surface area contributed by atoms with Crippen molar-refractivity contribution >= 4 is 23.4 Å². The quantitative estimate of drug-likeness (QED) is 0.538. The fraction of sp³-hybridized carbons (Fsp3) is 0.286. The van der Waals surface area contributed by atoms with Crippen LogP contribution in [0.4, 0.5) is 5.69 Å². The number of anilines is 1. The first kappa shape index (κ1) is 18.2. The Morgan fingerprint density at radius 1 is 1.07 bits per heavy atom. The van der Waals surface area contributed by atoms with Gasteiger partial charge in [0.15, 0.2) is 0 Å². The molecular weight excluding hydrogens is 356 g/mol. The van der Waals surface area contributed by atoms with E-state index in [-0.39, 0.29) is 24.1 Å². The van der Waals surface area contributed by atoms with E-state index in [0.717, 1.165) is 22.4 Å². The molecule has 1 atom stereocenters. The van der Waals surface area contributed by atoms with Crippen molar-refractivity contribution in [1.82, 2.24) is 15.5 Å². The zero-order valence-electron chi connectivity index (χ0n) is 15.4. The van der Waals surface area contributed by atoms with E-state index in [2.05, 4.69) is 10.6 Å². The summed E-state index contributed by atoms with van der Waals surface area (Å²) in [4.78, 5) is 38.0. The number of hydrogen-bond acceptors (Lipinski definition) is 5. The molecule has 2 aromatic carbocycles. The average molecular weight is 378 g/mol. The molecular formula is C21H22N4O3. The largest absolute Gasteiger partial charge is 0.399 e. The molecule has 7 nitrogen and oxygen atoms in total. The molecule has 0 aliphatic carbocycles. The Labute approximate surface area is 162 Å². The van der Waals surface area contributed by atoms with E-state index in [1.165, 1.54) is 0 Å². The zero-order valence-corrected chi connectivity index (χ0v) is 15.4. The molecule has 0 spiro atoms. The van der Waals surface area contributed by atoms with Gasteiger partial charge in [-0.1, -0.05) is 24.3 Å². The van der Waals surface area contributed by atoms with Crippen LogP contribution in [0.15, 0.2) is 42.5 Å². The summed E-state index contributed by atoms with van der Waals surface area (Å²) in [6.07, 6.45) is 0.627. The average Bonchev–Trinajstić information content (AvgIpc) is 3.01. The van der Waals surface area contributed by atoms with Crippen molar-refractivity contribution in [2.45, 2.75) is 38.5 Å². The molecule has 7 heteroatoms. The number of imide groups is 1. The lowest BCUT2D eigenvalue weighted by molar-refractivity contribution is -0.136. The van der Waals surface area contributed by atoms with Gasteiger partial charge in [-0.2, -0.15) is 0 Å². The van der Waals surface area contributed by atoms with E-state index < -0.39 is 6.04 Å². The number of nitrogens with one attached hydrogen (secondary N) is 2. The summed E-state index contributed by atoms with van der Waals surface area (Å²) in [6, 6.07) is 12.8. The van der Waals surface area contributed by atoms with Crippen LogP contribution in [0.25, 0.3) is 0 Å². The van der Waals surface area contributed by atoms with Crippen LogP contribution in [0.5, 0.6) is 0 Å². The number of piperidine rings is 1. The number of fused-ring (bicyclic) bond motifs is 1. The van der Waals surface area contributed by atoms with Crippen LogP contribution in [0.3, 0.4) is 0 Å². The highest BCUT2D eigenvalue weighted by molar-refractivity contribution is 6.05. The molecule has 1 fully saturated rings. The summed E-state index contributed by atoms with van der Waals surface area (Å²) >= 11 is 0. The molecule has 1 unspecified atom stereocenters. The zero-order chi connectivity index (χ0) is 19.7. The van der Waals surface area contributed by atoms with E-state index in [1.54, 1.807) is 11.0 Å². The highest BCUT2D eigenvalue weighted by Crippen LogP contribution is 2.29. The van der Waals surface area contributed by atoms with Gasteiger partial charge in [-0.05, 0) is 41.3 Å². The number of nitrogen functional groups attached to an aromatic ring is 1. The first-order valence-electron chi connectivity index (χ1n) is 9.33. The molecule has 2 aromatic rings. The van der Waals surface area contributed by atoms with E-state index >= 15 is 0 Å². The van der Waals surface area contributed by atoms with Crippen molar-refractivity contribution in [2.24, 2.45) is 0 Å². The number of amides is 3. The van der Waals surface area contributed by atoms with Gasteiger partial charge in [-0.3, -0.25) is 19.7 Å². The van der Waals surface area contributed by atoms with E-state index in [9.17, 15) is 14.4 Å². The van der Waals surface area contributed by atoms with Crippen molar-refractivity contribution in [3.63, 3.8) is 0 Å². The first-order valence-corrected chi connectivity index (χ1v) is 9.33. The maximum atomic E-state index is 12.8. The maximum Gasteiger partial charge on any atom is 0.255 e. The minimum atomic E-state index is -0.590. The minimum Gasteiger partial charge on any atom is -0.399 e. The number of hydrogen-bond donors (Lipinski definition) is 3. The smallest absolute Gasteiger partial charge is 0.255 e. The standard InChI is InChI=1S/C21H22N4O3/c22-15-6-4-13(5-7-15)10-23-11-14-2-1-3-16-17(14)12-25(21(16)28)18-8-9-19(26)24-20(18)27/h1-7,18,23H,8-12,22H2,(H,24,26,27). The summed E-state index contributed by atoms with van der Waals surface area (Å²) in [5, 5.41) is 5.73. The Balaban J connectivity index is 1.46. The predicted octanol–water partition coefficient (Wildman–Crippen LogP) is 1.32. The summed E-state index contributed by atoms with van der Waals surface area (Å²) in [7, 11) is 0. The minimum absolute atomic E-state index is 0.148. The molecule has 0 radical (unpaired) electrons. The molecule has 0 aromatic heterocycles. The van der Waals surface area contributed by atoms with Crippen LogP contribution in [-0.4, -0.2) is 28.7 Å². The van der Waals surface area contributed by atoms with Crippen molar-refractivity contribution in [2.75, 3.05) is 5.73 Å². The van der Waals surface area contributed by atoms with Gasteiger partial charge in [0.2, 0.25) is 11.8 Å². The second kappa shape index (κ2) is 7.44. The monoisotopic (exact) mass is 378 g/mol. The van der Waals surface area contributed by atoms with Gasteiger partial charge < -0.3 is 16.0 Å². The summed E-state index contributed by atoms with van der Waals surface area (Å²) in [6.45, 7) is 1.69. The number of carbonyl (C=O) groups excluding carboxylic acids is 3. The maximum absolute atomic E-state index is 12.8. The van der Waals surface area contributed by atoms with E-state index in [0.29, 0.717) is 31.6 Å². The third-order valence-electron chi connectivity index (χ3n) is 5.30. The SMILES string of the molecule is Nc1ccc(CNCc2cccc3c2CN(C2CCC(=O)NC2=O)C3=O)cc1. The molecule has 4 N–H and O–H groups in total. The van der Waals surface area contributed by atoms with Crippen LogP contribution in [0.1, 0.15) is 39.9 Å². The van der Waals surface area contributed by atoms with E-state index in [1.807, 2.05) is 36.4 Å². The third kappa shape index (κ3) is 3.48. The topological polar surface area (TPSA) is 105 Å². The Morgan fingerprint density at radius 3 is 2.61 bits per heavy atom. The Hall–Kier alpha value is -3.19. The number of benzene rings is 2. The van der Waals surface area contributed by atoms with Gasteiger partial charge in [0.1, 0.15) is 6.04 Å². The number of nitrogens with zero attached hydrogens (tertiary/aromatic N) is 1. The van der Waals surface area contributed by atoms with Crippen LogP contribution >= 0.6 is 0 Å². The molecule has 0 bridgehead atoms. The molecule has 0 saturated carbocycles. The Morgan fingerprint density at radius 2 is 1.86 bits per heavy atom. The second-order valence-corrected chi connectivity index (χ2v) is 7.19. The van der Waals surface area contributed by atoms with Crippen molar-refractivity contribution < 1.29 is 14.4 Å². The Bertz CT molecular complexity index is 939. The molecule has 28 heavy (non-hydrogen) atoms. The second-order valence-electron chi connectivity index (χ2n) is 7.19. The predicted molar refractivity (Wildman–Crippen MR) is 104 cm³/mol. The summed E-state index contributed by atoms with van der Waals surface area (Å²) < 4.78 is 0. The van der Waals surface area contributed by atoms with E-state index in [4.69, 9.17) is 5.73 Å². The molecule has 1 saturated heterocycles. The lowest BCUT2D eigenvalue weighted by Gasteiger charge is -2.29. The van der Waals surface area contributed by atoms with Crippen LogP contribution in [0.2, 0.25) is 0 Å². The fourth-order valence-corrected chi connectivity index (χ4v) is 3.79. The third-order valence-corrected chi connectivity index (χ3v) is 5.30. The van der Waals surface area contributed by atoms with Crippen LogP contribution < -0.4 is 16.4 Å². The Kier molecular flexibility index (Phi) is 4.83. The van der Waals surface area contributed by atoms with Crippen LogP contribution in [-0.2, 0) is 29.2 Å². The molecule has 2 heterocycles. The number of carbonyl (C=O) groups is 3. The van der Waals surface area contributed by atoms with Gasteiger partial charge in [0.25, 0.3) is 5.91 Å². The highest BCUT2D eigenvalue weighted by atomic mass is 16.2. The highest BCUT2D eigenvalue weighted by Gasteiger charge is 2.39. The lowest BCUT2D eigenvalue weighted by atomic mass is 10.0. The van der Waals surface area contributed by atoms with Gasteiger partial charge in [0.05, 0.1) is 0 Å². The van der Waals surface area contributed by atoms with Crippen molar-refractivity contribution in [1.29, 1.82) is 0 Å².